The molecule has 0 amide bonds. The Hall–Kier alpha value is -0.350. The third-order valence-corrected chi connectivity index (χ3v) is 1.77. The zero-order valence-electron chi connectivity index (χ0n) is 4.10. The molecule has 0 aromatic heterocycles. The van der Waals surface area contributed by atoms with Gasteiger partial charge >= 0.3 is 5.97 Å². The smallest absolute Gasteiger partial charge is 0.344 e. The second-order valence-corrected chi connectivity index (χ2v) is 2.29. The molecule has 0 radical (unpaired) electrons. The standard InChI is InChI=1S/C4H2BrClO3/c5-3(4(8)9)2(6)1-7/h1H,(H,8,9)/b3-2-. The van der Waals surface area contributed by atoms with E-state index < -0.39 is 5.97 Å². The van der Waals surface area contributed by atoms with Crippen molar-refractivity contribution in [1.29, 1.82) is 0 Å². The van der Waals surface area contributed by atoms with Gasteiger partial charge in [-0.15, -0.1) is 0 Å². The number of rotatable bonds is 2. The van der Waals surface area contributed by atoms with E-state index >= 15 is 0 Å². The highest BCUT2D eigenvalue weighted by molar-refractivity contribution is 9.12. The Morgan fingerprint density at radius 2 is 2.11 bits per heavy atom. The van der Waals surface area contributed by atoms with Crippen molar-refractivity contribution < 1.29 is 14.7 Å². The molecule has 50 valence electrons. The first kappa shape index (κ1) is 8.65. The summed E-state index contributed by atoms with van der Waals surface area (Å²) in [4.78, 5) is 19.7. The molecule has 0 unspecified atom stereocenters. The lowest BCUT2D eigenvalue weighted by molar-refractivity contribution is -0.131. The highest BCUT2D eigenvalue weighted by Gasteiger charge is 2.06. The molecular formula is C4H2BrClO3. The fourth-order valence-electron chi connectivity index (χ4n) is 0.154. The molecule has 1 N–H and O–H groups in total. The van der Waals surface area contributed by atoms with E-state index in [1.165, 1.54) is 0 Å². The third kappa shape index (κ3) is 2.62. The molecule has 0 aliphatic heterocycles. The molecule has 0 rings (SSSR count). The van der Waals surface area contributed by atoms with Gasteiger partial charge in [0.1, 0.15) is 9.51 Å². The number of hydrogen-bond acceptors (Lipinski definition) is 2. The molecule has 0 spiro atoms. The number of hydrogen-bond donors (Lipinski definition) is 1. The zero-order valence-corrected chi connectivity index (χ0v) is 6.44. The van der Waals surface area contributed by atoms with E-state index in [2.05, 4.69) is 15.9 Å². The topological polar surface area (TPSA) is 54.4 Å². The molecule has 0 fully saturated rings. The lowest BCUT2D eigenvalue weighted by Crippen LogP contribution is -1.95. The van der Waals surface area contributed by atoms with Gasteiger partial charge in [0.25, 0.3) is 0 Å². The minimum absolute atomic E-state index is 0.250. The molecule has 0 heterocycles. The van der Waals surface area contributed by atoms with Crippen LogP contribution in [0.3, 0.4) is 0 Å². The SMILES string of the molecule is O=C/C(Cl)=C(/Br)C(=O)O. The van der Waals surface area contributed by atoms with E-state index in [9.17, 15) is 9.59 Å². The van der Waals surface area contributed by atoms with Crippen molar-refractivity contribution in [2.45, 2.75) is 0 Å². The molecular weight excluding hydrogens is 211 g/mol. The Balaban J connectivity index is 4.47. The number of halogens is 2. The fraction of sp³-hybridized carbons (Fsp3) is 0. The zero-order chi connectivity index (χ0) is 7.44. The first-order valence-electron chi connectivity index (χ1n) is 1.83. The van der Waals surface area contributed by atoms with Crippen LogP contribution in [0.5, 0.6) is 0 Å². The fourth-order valence-corrected chi connectivity index (χ4v) is 0.328. The van der Waals surface area contributed by atoms with Gasteiger partial charge in [0.2, 0.25) is 0 Å². The minimum Gasteiger partial charge on any atom is -0.477 e. The van der Waals surface area contributed by atoms with E-state index in [1.54, 1.807) is 0 Å². The average molecular weight is 213 g/mol. The highest BCUT2D eigenvalue weighted by Crippen LogP contribution is 2.13. The molecule has 0 aliphatic rings. The Morgan fingerprint density at radius 3 is 2.22 bits per heavy atom. The molecule has 5 heteroatoms. The molecule has 0 saturated carbocycles. The maximum Gasteiger partial charge on any atom is 0.344 e. The molecule has 0 saturated heterocycles. The summed E-state index contributed by atoms with van der Waals surface area (Å²) in [6.45, 7) is 0. The summed E-state index contributed by atoms with van der Waals surface area (Å²) in [5.41, 5.74) is 0. The van der Waals surface area contributed by atoms with Gasteiger partial charge in [-0.25, -0.2) is 4.79 Å². The lowest BCUT2D eigenvalue weighted by atomic mass is 10.5. The predicted octanol–water partition coefficient (Wildman–Crippen LogP) is 1.12. The second kappa shape index (κ2) is 3.63. The van der Waals surface area contributed by atoms with Gasteiger partial charge in [-0.05, 0) is 15.9 Å². The van der Waals surface area contributed by atoms with Crippen LogP contribution in [0.2, 0.25) is 0 Å². The predicted molar refractivity (Wildman–Crippen MR) is 35.5 cm³/mol. The van der Waals surface area contributed by atoms with Crippen molar-refractivity contribution in [1.82, 2.24) is 0 Å². The van der Waals surface area contributed by atoms with Gasteiger partial charge in [0.05, 0.1) is 0 Å². The number of allylic oxidation sites excluding steroid dienone is 1. The van der Waals surface area contributed by atoms with Crippen LogP contribution in [0.4, 0.5) is 0 Å². The number of carboxylic acid groups (broad SMARTS) is 1. The van der Waals surface area contributed by atoms with E-state index in [-0.39, 0.29) is 15.8 Å². The van der Waals surface area contributed by atoms with Gasteiger partial charge in [0, 0.05) is 0 Å². The van der Waals surface area contributed by atoms with Crippen molar-refractivity contribution in [2.24, 2.45) is 0 Å². The second-order valence-electron chi connectivity index (χ2n) is 1.08. The molecule has 0 bridgehead atoms. The summed E-state index contributed by atoms with van der Waals surface area (Å²) in [5.74, 6) is -1.26. The van der Waals surface area contributed by atoms with Crippen LogP contribution in [0, 0.1) is 0 Å². The van der Waals surface area contributed by atoms with E-state index in [4.69, 9.17) is 16.7 Å². The van der Waals surface area contributed by atoms with Crippen LogP contribution in [0.25, 0.3) is 0 Å². The van der Waals surface area contributed by atoms with Gasteiger partial charge in [-0.2, -0.15) is 0 Å². The number of carbonyl (C=O) groups is 2. The summed E-state index contributed by atoms with van der Waals surface area (Å²) in [6.07, 6.45) is 0.250. The van der Waals surface area contributed by atoms with Crippen molar-refractivity contribution in [3.05, 3.63) is 9.51 Å². The first-order valence-corrected chi connectivity index (χ1v) is 3.00. The van der Waals surface area contributed by atoms with Crippen molar-refractivity contribution in [3.8, 4) is 0 Å². The summed E-state index contributed by atoms with van der Waals surface area (Å²) in [7, 11) is 0. The summed E-state index contributed by atoms with van der Waals surface area (Å²) in [5, 5.41) is 7.79. The van der Waals surface area contributed by atoms with Crippen LogP contribution in [0.15, 0.2) is 9.51 Å². The molecule has 9 heavy (non-hydrogen) atoms. The van der Waals surface area contributed by atoms with E-state index in [1.807, 2.05) is 0 Å². The minimum atomic E-state index is -1.26. The van der Waals surface area contributed by atoms with Crippen LogP contribution in [0.1, 0.15) is 0 Å². The van der Waals surface area contributed by atoms with Gasteiger partial charge in [0.15, 0.2) is 6.29 Å². The molecule has 0 aromatic carbocycles. The number of aldehydes is 1. The Morgan fingerprint density at radius 1 is 1.67 bits per heavy atom. The maximum atomic E-state index is 9.95. The Labute approximate surface area is 64.4 Å². The van der Waals surface area contributed by atoms with Crippen molar-refractivity contribution >= 4 is 39.8 Å². The Bertz CT molecular complexity index is 175. The summed E-state index contributed by atoms with van der Waals surface area (Å²) < 4.78 is -0.320. The average Bonchev–Trinajstić information content (AvgIpc) is 1.84. The quantitative estimate of drug-likeness (QED) is 0.552. The van der Waals surface area contributed by atoms with Crippen LogP contribution in [-0.4, -0.2) is 17.4 Å². The Kier molecular flexibility index (Phi) is 3.49. The number of carboxylic acids is 1. The normalized spacial score (nSPS) is 12.2. The van der Waals surface area contributed by atoms with Crippen LogP contribution >= 0.6 is 27.5 Å². The summed E-state index contributed by atoms with van der Waals surface area (Å²) in [6, 6.07) is 0. The molecule has 0 atom stereocenters. The lowest BCUT2D eigenvalue weighted by Gasteiger charge is -1.87. The summed E-state index contributed by atoms with van der Waals surface area (Å²) >= 11 is 7.68. The largest absolute Gasteiger partial charge is 0.477 e. The van der Waals surface area contributed by atoms with Crippen molar-refractivity contribution in [2.75, 3.05) is 0 Å². The van der Waals surface area contributed by atoms with Gasteiger partial charge in [-0.1, -0.05) is 11.6 Å². The van der Waals surface area contributed by atoms with Gasteiger partial charge in [-0.3, -0.25) is 4.79 Å². The number of aliphatic carboxylic acids is 1. The third-order valence-electron chi connectivity index (χ3n) is 0.501. The van der Waals surface area contributed by atoms with Gasteiger partial charge < -0.3 is 5.11 Å². The van der Waals surface area contributed by atoms with Crippen LogP contribution in [-0.2, 0) is 9.59 Å². The molecule has 0 aliphatic carbocycles. The molecule has 0 aromatic rings. The number of carbonyl (C=O) groups excluding carboxylic acids is 1. The van der Waals surface area contributed by atoms with Crippen molar-refractivity contribution in [3.63, 3.8) is 0 Å². The van der Waals surface area contributed by atoms with E-state index in [0.717, 1.165) is 0 Å². The van der Waals surface area contributed by atoms with Crippen LogP contribution < -0.4 is 0 Å². The van der Waals surface area contributed by atoms with E-state index in [0.29, 0.717) is 0 Å². The maximum absolute atomic E-state index is 9.95. The molecule has 3 nitrogen and oxygen atoms in total. The monoisotopic (exact) mass is 212 g/mol. The highest BCUT2D eigenvalue weighted by atomic mass is 79.9. The first-order chi connectivity index (χ1) is 4.09.